The zero-order valence-corrected chi connectivity index (χ0v) is 14.5. The second kappa shape index (κ2) is 7.77. The molecule has 1 unspecified atom stereocenters. The van der Waals surface area contributed by atoms with E-state index >= 15 is 0 Å². The summed E-state index contributed by atoms with van der Waals surface area (Å²) >= 11 is 0. The van der Waals surface area contributed by atoms with Crippen LogP contribution < -0.4 is 14.8 Å². The molecule has 1 atom stereocenters. The van der Waals surface area contributed by atoms with Crippen LogP contribution in [-0.4, -0.2) is 38.2 Å². The van der Waals surface area contributed by atoms with Crippen LogP contribution in [0.4, 0.5) is 0 Å². The van der Waals surface area contributed by atoms with Crippen molar-refractivity contribution in [1.29, 1.82) is 0 Å². The molecule has 136 valence electrons. The van der Waals surface area contributed by atoms with Gasteiger partial charge in [0, 0.05) is 6.08 Å². The van der Waals surface area contributed by atoms with E-state index < -0.39 is 5.97 Å². The molecule has 2 heterocycles. The summed E-state index contributed by atoms with van der Waals surface area (Å²) in [6.07, 6.45) is 2.55. The van der Waals surface area contributed by atoms with E-state index in [9.17, 15) is 9.59 Å². The first-order chi connectivity index (χ1) is 12.6. The van der Waals surface area contributed by atoms with Crippen LogP contribution in [0.15, 0.2) is 40.8 Å². The van der Waals surface area contributed by atoms with Crippen molar-refractivity contribution in [3.05, 3.63) is 53.5 Å². The number of nitrogens with one attached hydrogen (secondary N) is 1. The van der Waals surface area contributed by atoms with Crippen molar-refractivity contribution in [2.75, 3.05) is 20.3 Å². The number of esters is 1. The average molecular weight is 357 g/mol. The summed E-state index contributed by atoms with van der Waals surface area (Å²) in [4.78, 5) is 23.5. The van der Waals surface area contributed by atoms with Crippen LogP contribution >= 0.6 is 0 Å². The number of ether oxygens (including phenoxy) is 3. The maximum atomic E-state index is 12.0. The van der Waals surface area contributed by atoms with Gasteiger partial charge in [-0.25, -0.2) is 4.79 Å². The van der Waals surface area contributed by atoms with Gasteiger partial charge >= 0.3 is 5.97 Å². The molecule has 3 rings (SSSR count). The van der Waals surface area contributed by atoms with Crippen molar-refractivity contribution >= 4 is 18.0 Å². The maximum absolute atomic E-state index is 12.0. The van der Waals surface area contributed by atoms with Crippen molar-refractivity contribution < 1.29 is 28.2 Å². The van der Waals surface area contributed by atoms with Crippen LogP contribution in [0.1, 0.15) is 21.9 Å². The van der Waals surface area contributed by atoms with Crippen LogP contribution in [0.25, 0.3) is 6.08 Å². The largest absolute Gasteiger partial charge is 0.486 e. The highest BCUT2D eigenvalue weighted by Crippen LogP contribution is 2.30. The van der Waals surface area contributed by atoms with Crippen LogP contribution in [0.5, 0.6) is 11.5 Å². The molecule has 1 aromatic carbocycles. The molecule has 1 aliphatic rings. The Morgan fingerprint density at radius 1 is 1.31 bits per heavy atom. The van der Waals surface area contributed by atoms with Crippen LogP contribution in [-0.2, 0) is 9.53 Å². The summed E-state index contributed by atoms with van der Waals surface area (Å²) in [5.74, 6) is 1.40. The third-order valence-corrected chi connectivity index (χ3v) is 3.81. The number of carbonyl (C=O) groups excluding carboxylic acids is 2. The smallest absolute Gasteiger partial charge is 0.341 e. The number of methoxy groups -OCH3 is 1. The molecule has 2 aromatic rings. The molecule has 0 bridgehead atoms. The molecule has 1 aromatic heterocycles. The molecule has 1 amide bonds. The Hall–Kier alpha value is -3.22. The number of amides is 1. The normalized spacial score (nSPS) is 15.7. The van der Waals surface area contributed by atoms with Gasteiger partial charge in [-0.2, -0.15) is 0 Å². The summed E-state index contributed by atoms with van der Waals surface area (Å²) in [5.41, 5.74) is 0.332. The Bertz CT molecular complexity index is 838. The SMILES string of the molecule is COC(=O)c1cc(/C=C/C(=O)NCC2COc3ccccc3O2)oc1C. The first-order valence-electron chi connectivity index (χ1n) is 8.10. The fraction of sp³-hybridized carbons (Fsp3) is 0.263. The van der Waals surface area contributed by atoms with Crippen molar-refractivity contribution in [2.45, 2.75) is 13.0 Å². The lowest BCUT2D eigenvalue weighted by Gasteiger charge is -2.26. The van der Waals surface area contributed by atoms with E-state index in [1.54, 1.807) is 6.92 Å². The molecular weight excluding hydrogens is 338 g/mol. The van der Waals surface area contributed by atoms with Crippen molar-refractivity contribution in [3.63, 3.8) is 0 Å². The number of fused-ring (bicyclic) bond motifs is 1. The van der Waals surface area contributed by atoms with E-state index in [1.807, 2.05) is 24.3 Å². The van der Waals surface area contributed by atoms with Crippen LogP contribution in [0, 0.1) is 6.92 Å². The zero-order valence-electron chi connectivity index (χ0n) is 14.5. The highest BCUT2D eigenvalue weighted by atomic mass is 16.6. The Labute approximate surface area is 150 Å². The Kier molecular flexibility index (Phi) is 5.26. The number of benzene rings is 1. The number of furan rings is 1. The van der Waals surface area contributed by atoms with E-state index in [1.165, 1.54) is 25.3 Å². The lowest BCUT2D eigenvalue weighted by molar-refractivity contribution is -0.116. The van der Waals surface area contributed by atoms with Crippen LogP contribution in [0.2, 0.25) is 0 Å². The predicted octanol–water partition coefficient (Wildman–Crippen LogP) is 2.34. The third kappa shape index (κ3) is 4.05. The van der Waals surface area contributed by atoms with Crippen molar-refractivity contribution in [1.82, 2.24) is 5.32 Å². The van der Waals surface area contributed by atoms with Gasteiger partial charge in [0.1, 0.15) is 29.8 Å². The molecule has 0 aliphatic carbocycles. The van der Waals surface area contributed by atoms with E-state index in [2.05, 4.69) is 10.1 Å². The quantitative estimate of drug-likeness (QED) is 0.653. The number of para-hydroxylation sites is 2. The van der Waals surface area contributed by atoms with Gasteiger partial charge in [-0.15, -0.1) is 0 Å². The standard InChI is InChI=1S/C19H19NO6/c1-12-15(19(22)23-2)9-13(25-12)7-8-18(21)20-10-14-11-24-16-5-3-4-6-17(16)26-14/h3-9,14H,10-11H2,1-2H3,(H,20,21)/b8-7+. The topological polar surface area (TPSA) is 87.0 Å². The Balaban J connectivity index is 1.52. The molecule has 0 spiro atoms. The van der Waals surface area contributed by atoms with Crippen LogP contribution in [0.3, 0.4) is 0 Å². The number of aryl methyl sites for hydroxylation is 1. The molecule has 26 heavy (non-hydrogen) atoms. The lowest BCUT2D eigenvalue weighted by Crippen LogP contribution is -2.40. The van der Waals surface area contributed by atoms with Gasteiger partial charge in [-0.05, 0) is 31.2 Å². The van der Waals surface area contributed by atoms with Gasteiger partial charge < -0.3 is 23.9 Å². The maximum Gasteiger partial charge on any atom is 0.341 e. The highest BCUT2D eigenvalue weighted by molar-refractivity contribution is 5.93. The minimum atomic E-state index is -0.481. The molecule has 0 saturated carbocycles. The highest BCUT2D eigenvalue weighted by Gasteiger charge is 2.20. The molecule has 1 aliphatic heterocycles. The summed E-state index contributed by atoms with van der Waals surface area (Å²) in [7, 11) is 1.30. The van der Waals surface area contributed by atoms with E-state index in [0.717, 1.165) is 0 Å². The number of carbonyl (C=O) groups is 2. The molecule has 0 saturated heterocycles. The molecule has 7 heteroatoms. The summed E-state index contributed by atoms with van der Waals surface area (Å²) < 4.78 is 21.4. The fourth-order valence-electron chi connectivity index (χ4n) is 2.49. The minimum absolute atomic E-state index is 0.265. The Morgan fingerprint density at radius 2 is 2.08 bits per heavy atom. The van der Waals surface area contributed by atoms with E-state index in [4.69, 9.17) is 13.9 Å². The van der Waals surface area contributed by atoms with Gasteiger partial charge in [-0.1, -0.05) is 12.1 Å². The number of hydrogen-bond acceptors (Lipinski definition) is 6. The molecule has 0 radical (unpaired) electrons. The third-order valence-electron chi connectivity index (χ3n) is 3.81. The molecular formula is C19H19NO6. The second-order valence-corrected chi connectivity index (χ2v) is 5.69. The predicted molar refractivity (Wildman–Crippen MR) is 93.2 cm³/mol. The monoisotopic (exact) mass is 357 g/mol. The minimum Gasteiger partial charge on any atom is -0.486 e. The molecule has 0 fully saturated rings. The first-order valence-corrected chi connectivity index (χ1v) is 8.10. The van der Waals surface area contributed by atoms with Gasteiger partial charge in [0.25, 0.3) is 0 Å². The number of hydrogen-bond donors (Lipinski definition) is 1. The van der Waals surface area contributed by atoms with Crippen molar-refractivity contribution in [2.24, 2.45) is 0 Å². The second-order valence-electron chi connectivity index (χ2n) is 5.69. The lowest BCUT2D eigenvalue weighted by atomic mass is 10.2. The van der Waals surface area contributed by atoms with Gasteiger partial charge in [-0.3, -0.25) is 4.79 Å². The molecule has 7 nitrogen and oxygen atoms in total. The number of rotatable bonds is 5. The summed E-state index contributed by atoms with van der Waals surface area (Å²) in [6.45, 7) is 2.32. The fourth-order valence-corrected chi connectivity index (χ4v) is 2.49. The van der Waals surface area contributed by atoms with Crippen molar-refractivity contribution in [3.8, 4) is 11.5 Å². The summed E-state index contributed by atoms with van der Waals surface area (Å²) in [6, 6.07) is 8.92. The van der Waals surface area contributed by atoms with E-state index in [0.29, 0.717) is 41.7 Å². The average Bonchev–Trinajstić information content (AvgIpc) is 3.04. The zero-order chi connectivity index (χ0) is 18.5. The summed E-state index contributed by atoms with van der Waals surface area (Å²) in [5, 5.41) is 2.74. The molecule has 1 N–H and O–H groups in total. The van der Waals surface area contributed by atoms with Gasteiger partial charge in [0.05, 0.1) is 13.7 Å². The van der Waals surface area contributed by atoms with E-state index in [-0.39, 0.29) is 12.0 Å². The van der Waals surface area contributed by atoms with Gasteiger partial charge in [0.15, 0.2) is 11.5 Å². The first kappa shape index (κ1) is 17.6. The van der Waals surface area contributed by atoms with Gasteiger partial charge in [0.2, 0.25) is 5.91 Å². The Morgan fingerprint density at radius 3 is 2.85 bits per heavy atom.